The van der Waals surface area contributed by atoms with Crippen molar-refractivity contribution >= 4 is 5.97 Å². The number of hydrogen-bond donors (Lipinski definition) is 1. The van der Waals surface area contributed by atoms with Gasteiger partial charge in [-0.2, -0.15) is 0 Å². The second kappa shape index (κ2) is 5.87. The first-order chi connectivity index (χ1) is 8.72. The van der Waals surface area contributed by atoms with E-state index < -0.39 is 11.9 Å². The Kier molecular flexibility index (Phi) is 4.20. The molecule has 98 valence electrons. The third-order valence-electron chi connectivity index (χ3n) is 3.14. The molecule has 2 rings (SSSR count). The van der Waals surface area contributed by atoms with Crippen LogP contribution >= 0.6 is 0 Å². The van der Waals surface area contributed by atoms with E-state index in [2.05, 4.69) is 0 Å². The molecule has 4 nitrogen and oxygen atoms in total. The molecule has 1 fully saturated rings. The first kappa shape index (κ1) is 12.9. The summed E-state index contributed by atoms with van der Waals surface area (Å²) in [6.45, 7) is 3.13. The quantitative estimate of drug-likeness (QED) is 0.892. The average molecular weight is 250 g/mol. The third-order valence-corrected chi connectivity index (χ3v) is 3.14. The third kappa shape index (κ3) is 2.82. The van der Waals surface area contributed by atoms with Gasteiger partial charge >= 0.3 is 5.97 Å². The van der Waals surface area contributed by atoms with Crippen LogP contribution in [0.5, 0.6) is 5.75 Å². The van der Waals surface area contributed by atoms with Crippen LogP contribution in [0.3, 0.4) is 0 Å². The van der Waals surface area contributed by atoms with E-state index in [0.29, 0.717) is 19.6 Å². The highest BCUT2D eigenvalue weighted by Crippen LogP contribution is 2.35. The molecule has 1 aliphatic rings. The van der Waals surface area contributed by atoms with Crippen molar-refractivity contribution in [2.24, 2.45) is 5.92 Å². The smallest absolute Gasteiger partial charge is 0.309 e. The van der Waals surface area contributed by atoms with E-state index in [-0.39, 0.29) is 6.10 Å². The SMILES string of the molecule is CCOc1cccc(C2OCCCC2C(=O)O)c1. The first-order valence-electron chi connectivity index (χ1n) is 6.29. The minimum Gasteiger partial charge on any atom is -0.494 e. The van der Waals surface area contributed by atoms with E-state index in [1.807, 2.05) is 31.2 Å². The van der Waals surface area contributed by atoms with E-state index in [0.717, 1.165) is 17.7 Å². The fraction of sp³-hybridized carbons (Fsp3) is 0.500. The molecule has 0 radical (unpaired) electrons. The van der Waals surface area contributed by atoms with Crippen LogP contribution in [0.4, 0.5) is 0 Å². The van der Waals surface area contributed by atoms with Gasteiger partial charge in [0.1, 0.15) is 5.75 Å². The van der Waals surface area contributed by atoms with Gasteiger partial charge in [0.25, 0.3) is 0 Å². The Morgan fingerprint density at radius 3 is 3.11 bits per heavy atom. The molecule has 2 unspecified atom stereocenters. The molecule has 18 heavy (non-hydrogen) atoms. The number of carboxylic acid groups (broad SMARTS) is 1. The molecule has 0 aromatic heterocycles. The standard InChI is InChI=1S/C14H18O4/c1-2-17-11-6-3-5-10(9-11)13-12(14(15)16)7-4-8-18-13/h3,5-6,9,12-13H,2,4,7-8H2,1H3,(H,15,16). The molecular formula is C14H18O4. The summed E-state index contributed by atoms with van der Waals surface area (Å²) in [5.74, 6) is -0.495. The number of carboxylic acids is 1. The lowest BCUT2D eigenvalue weighted by molar-refractivity contribution is -0.151. The molecule has 1 N–H and O–H groups in total. The van der Waals surface area contributed by atoms with Crippen molar-refractivity contribution in [3.05, 3.63) is 29.8 Å². The number of carbonyl (C=O) groups is 1. The van der Waals surface area contributed by atoms with E-state index >= 15 is 0 Å². The van der Waals surface area contributed by atoms with Crippen LogP contribution in [-0.4, -0.2) is 24.3 Å². The molecule has 0 amide bonds. The highest BCUT2D eigenvalue weighted by molar-refractivity contribution is 5.71. The fourth-order valence-corrected chi connectivity index (χ4v) is 2.31. The summed E-state index contributed by atoms with van der Waals surface area (Å²) in [7, 11) is 0. The van der Waals surface area contributed by atoms with Crippen LogP contribution in [0.15, 0.2) is 24.3 Å². The minimum atomic E-state index is -0.790. The molecule has 0 aliphatic carbocycles. The molecule has 1 saturated heterocycles. The van der Waals surface area contributed by atoms with Gasteiger partial charge in [-0.3, -0.25) is 4.79 Å². The van der Waals surface area contributed by atoms with Crippen LogP contribution in [0.2, 0.25) is 0 Å². The molecular weight excluding hydrogens is 232 g/mol. The van der Waals surface area contributed by atoms with Gasteiger partial charge < -0.3 is 14.6 Å². The van der Waals surface area contributed by atoms with E-state index in [1.54, 1.807) is 0 Å². The second-order valence-electron chi connectivity index (χ2n) is 4.38. The summed E-state index contributed by atoms with van der Waals surface area (Å²) in [6.07, 6.45) is 1.11. The summed E-state index contributed by atoms with van der Waals surface area (Å²) in [6, 6.07) is 7.51. The Morgan fingerprint density at radius 2 is 2.39 bits per heavy atom. The van der Waals surface area contributed by atoms with E-state index in [1.165, 1.54) is 0 Å². The van der Waals surface area contributed by atoms with Gasteiger partial charge in [-0.25, -0.2) is 0 Å². The van der Waals surface area contributed by atoms with Crippen LogP contribution in [0.25, 0.3) is 0 Å². The highest BCUT2D eigenvalue weighted by atomic mass is 16.5. The van der Waals surface area contributed by atoms with Gasteiger partial charge in [-0.05, 0) is 37.5 Å². The molecule has 1 heterocycles. The van der Waals surface area contributed by atoms with Gasteiger partial charge in [-0.15, -0.1) is 0 Å². The van der Waals surface area contributed by atoms with Gasteiger partial charge in [0.2, 0.25) is 0 Å². The Hall–Kier alpha value is -1.55. The molecule has 1 aromatic rings. The van der Waals surface area contributed by atoms with Crippen molar-refractivity contribution in [3.63, 3.8) is 0 Å². The Bertz CT molecular complexity index is 416. The zero-order chi connectivity index (χ0) is 13.0. The number of benzene rings is 1. The molecule has 0 spiro atoms. The van der Waals surface area contributed by atoms with Crippen LogP contribution in [0, 0.1) is 5.92 Å². The zero-order valence-corrected chi connectivity index (χ0v) is 10.5. The highest BCUT2D eigenvalue weighted by Gasteiger charge is 2.33. The maximum atomic E-state index is 11.2. The van der Waals surface area contributed by atoms with Crippen molar-refractivity contribution in [2.75, 3.05) is 13.2 Å². The maximum absolute atomic E-state index is 11.2. The lowest BCUT2D eigenvalue weighted by atomic mass is 9.89. The van der Waals surface area contributed by atoms with E-state index in [4.69, 9.17) is 9.47 Å². The Balaban J connectivity index is 2.22. The van der Waals surface area contributed by atoms with Crippen LogP contribution < -0.4 is 4.74 Å². The summed E-state index contributed by atoms with van der Waals surface area (Å²) < 4.78 is 11.1. The molecule has 0 bridgehead atoms. The van der Waals surface area contributed by atoms with Crippen molar-refractivity contribution in [1.82, 2.24) is 0 Å². The van der Waals surface area contributed by atoms with Crippen molar-refractivity contribution in [1.29, 1.82) is 0 Å². The first-order valence-corrected chi connectivity index (χ1v) is 6.29. The largest absolute Gasteiger partial charge is 0.494 e. The summed E-state index contributed by atoms with van der Waals surface area (Å²) in [4.78, 5) is 11.2. The number of hydrogen-bond acceptors (Lipinski definition) is 3. The Labute approximate surface area is 107 Å². The topological polar surface area (TPSA) is 55.8 Å². The lowest BCUT2D eigenvalue weighted by Crippen LogP contribution is -2.28. The monoisotopic (exact) mass is 250 g/mol. The molecule has 1 aliphatic heterocycles. The molecule has 2 atom stereocenters. The molecule has 0 saturated carbocycles. The number of ether oxygens (including phenoxy) is 2. The van der Waals surface area contributed by atoms with E-state index in [9.17, 15) is 9.90 Å². The van der Waals surface area contributed by atoms with Gasteiger partial charge in [0, 0.05) is 6.61 Å². The zero-order valence-electron chi connectivity index (χ0n) is 10.5. The molecule has 1 aromatic carbocycles. The average Bonchev–Trinajstić information content (AvgIpc) is 2.39. The fourth-order valence-electron chi connectivity index (χ4n) is 2.31. The second-order valence-corrected chi connectivity index (χ2v) is 4.38. The minimum absolute atomic E-state index is 0.364. The van der Waals surface area contributed by atoms with Crippen LogP contribution in [0.1, 0.15) is 31.4 Å². The van der Waals surface area contributed by atoms with Crippen molar-refractivity contribution in [3.8, 4) is 5.75 Å². The predicted molar refractivity (Wildman–Crippen MR) is 66.7 cm³/mol. The van der Waals surface area contributed by atoms with Gasteiger partial charge in [-0.1, -0.05) is 12.1 Å². The lowest BCUT2D eigenvalue weighted by Gasteiger charge is -2.29. The van der Waals surface area contributed by atoms with Gasteiger partial charge in [0.15, 0.2) is 0 Å². The van der Waals surface area contributed by atoms with Crippen LogP contribution in [-0.2, 0) is 9.53 Å². The molecule has 4 heteroatoms. The summed E-state index contributed by atoms with van der Waals surface area (Å²) in [5, 5.41) is 9.23. The normalized spacial score (nSPS) is 23.6. The maximum Gasteiger partial charge on any atom is 0.309 e. The Morgan fingerprint density at radius 1 is 1.56 bits per heavy atom. The van der Waals surface area contributed by atoms with Crippen molar-refractivity contribution < 1.29 is 19.4 Å². The van der Waals surface area contributed by atoms with Gasteiger partial charge in [0.05, 0.1) is 18.6 Å². The predicted octanol–water partition coefficient (Wildman–Crippen LogP) is 2.64. The summed E-state index contributed by atoms with van der Waals surface area (Å²) >= 11 is 0. The number of rotatable bonds is 4. The number of aliphatic carboxylic acids is 1. The summed E-state index contributed by atoms with van der Waals surface area (Å²) in [5.41, 5.74) is 0.882. The van der Waals surface area contributed by atoms with Crippen molar-refractivity contribution in [2.45, 2.75) is 25.9 Å².